The van der Waals surface area contributed by atoms with Crippen LogP contribution in [0.1, 0.15) is 32.6 Å². The highest BCUT2D eigenvalue weighted by Gasteiger charge is 2.05. The average molecular weight is 198 g/mol. The molecule has 0 aliphatic heterocycles. The molecule has 0 bridgehead atoms. The Morgan fingerprint density at radius 2 is 1.71 bits per heavy atom. The van der Waals surface area contributed by atoms with Gasteiger partial charge in [-0.1, -0.05) is 26.5 Å². The van der Waals surface area contributed by atoms with Crippen molar-refractivity contribution in [1.29, 1.82) is 0 Å². The zero-order valence-corrected chi connectivity index (χ0v) is 9.21. The molecule has 0 radical (unpaired) electrons. The summed E-state index contributed by atoms with van der Waals surface area (Å²) in [4.78, 5) is 0. The van der Waals surface area contributed by atoms with Crippen molar-refractivity contribution in [3.05, 3.63) is 25.7 Å². The van der Waals surface area contributed by atoms with Crippen LogP contribution in [0.25, 0.3) is 0 Å². The van der Waals surface area contributed by atoms with Crippen LogP contribution in [0.15, 0.2) is 25.7 Å². The van der Waals surface area contributed by atoms with E-state index in [1.807, 2.05) is 0 Å². The Balaban J connectivity index is 3.37. The predicted molar refractivity (Wildman–Crippen MR) is 59.9 cm³/mol. The van der Waals surface area contributed by atoms with Crippen molar-refractivity contribution in [2.24, 2.45) is 5.92 Å². The molecular formula is C12H22O2. The summed E-state index contributed by atoms with van der Waals surface area (Å²) < 4.78 is 10.2. The molecule has 0 saturated carbocycles. The van der Waals surface area contributed by atoms with Gasteiger partial charge in [-0.2, -0.15) is 0 Å². The lowest BCUT2D eigenvalue weighted by atomic mass is 9.97. The molecule has 0 aromatic carbocycles. The molecular weight excluding hydrogens is 176 g/mol. The van der Waals surface area contributed by atoms with Crippen molar-refractivity contribution in [1.82, 2.24) is 0 Å². The van der Waals surface area contributed by atoms with Crippen LogP contribution in [0.5, 0.6) is 0 Å². The summed E-state index contributed by atoms with van der Waals surface area (Å²) in [5.41, 5.74) is 0. The van der Waals surface area contributed by atoms with E-state index >= 15 is 0 Å². The van der Waals surface area contributed by atoms with E-state index in [9.17, 15) is 0 Å². The standard InChI is InChI=1S/C12H22O2/c1-4-12(9-11-14-6-3)8-7-10-13-5-2/h5-6,12H,2-4,7-11H2,1H3. The molecule has 0 aliphatic carbocycles. The number of rotatable bonds is 10. The maximum absolute atomic E-state index is 5.11. The van der Waals surface area contributed by atoms with E-state index in [4.69, 9.17) is 9.47 Å². The van der Waals surface area contributed by atoms with Crippen molar-refractivity contribution in [3.63, 3.8) is 0 Å². The van der Waals surface area contributed by atoms with Crippen molar-refractivity contribution in [2.75, 3.05) is 13.2 Å². The molecule has 0 aromatic heterocycles. The second kappa shape index (κ2) is 10.2. The van der Waals surface area contributed by atoms with E-state index in [2.05, 4.69) is 20.1 Å². The Morgan fingerprint density at radius 3 is 2.29 bits per heavy atom. The fourth-order valence-electron chi connectivity index (χ4n) is 1.41. The second-order valence-electron chi connectivity index (χ2n) is 3.28. The fourth-order valence-corrected chi connectivity index (χ4v) is 1.41. The van der Waals surface area contributed by atoms with Gasteiger partial charge in [0, 0.05) is 0 Å². The summed E-state index contributed by atoms with van der Waals surface area (Å²) in [7, 11) is 0. The van der Waals surface area contributed by atoms with Gasteiger partial charge in [-0.25, -0.2) is 0 Å². The molecule has 0 spiro atoms. The molecule has 2 heteroatoms. The van der Waals surface area contributed by atoms with Gasteiger partial charge in [-0.05, 0) is 25.2 Å². The summed E-state index contributed by atoms with van der Waals surface area (Å²) in [5.74, 6) is 0.739. The minimum Gasteiger partial charge on any atom is -0.502 e. The van der Waals surface area contributed by atoms with Crippen LogP contribution >= 0.6 is 0 Å². The first kappa shape index (κ1) is 13.1. The summed E-state index contributed by atoms with van der Waals surface area (Å²) in [6.07, 6.45) is 7.62. The molecule has 14 heavy (non-hydrogen) atoms. The molecule has 82 valence electrons. The van der Waals surface area contributed by atoms with Crippen LogP contribution in [0.3, 0.4) is 0 Å². The maximum Gasteiger partial charge on any atom is 0.0875 e. The van der Waals surface area contributed by atoms with Crippen LogP contribution in [-0.4, -0.2) is 13.2 Å². The molecule has 1 unspecified atom stereocenters. The Bertz CT molecular complexity index is 143. The van der Waals surface area contributed by atoms with Gasteiger partial charge in [0.15, 0.2) is 0 Å². The maximum atomic E-state index is 5.11. The number of hydrogen-bond donors (Lipinski definition) is 0. The largest absolute Gasteiger partial charge is 0.502 e. The van der Waals surface area contributed by atoms with Crippen LogP contribution in [-0.2, 0) is 9.47 Å². The molecule has 0 aromatic rings. The molecule has 0 aliphatic rings. The lowest BCUT2D eigenvalue weighted by molar-refractivity contribution is 0.200. The second-order valence-corrected chi connectivity index (χ2v) is 3.28. The van der Waals surface area contributed by atoms with Gasteiger partial charge in [0.2, 0.25) is 0 Å². The first-order valence-corrected chi connectivity index (χ1v) is 5.30. The lowest BCUT2D eigenvalue weighted by Gasteiger charge is -2.13. The molecule has 0 fully saturated rings. The first-order chi connectivity index (χ1) is 6.85. The lowest BCUT2D eigenvalue weighted by Crippen LogP contribution is -2.04. The Labute approximate surface area is 87.6 Å². The monoisotopic (exact) mass is 198 g/mol. The Morgan fingerprint density at radius 1 is 1.07 bits per heavy atom. The van der Waals surface area contributed by atoms with Gasteiger partial charge in [0.1, 0.15) is 0 Å². The zero-order valence-electron chi connectivity index (χ0n) is 9.21. The van der Waals surface area contributed by atoms with E-state index in [1.165, 1.54) is 25.4 Å². The highest BCUT2D eigenvalue weighted by Crippen LogP contribution is 2.15. The third kappa shape index (κ3) is 7.71. The molecule has 1 atom stereocenters. The van der Waals surface area contributed by atoms with E-state index in [1.54, 1.807) is 0 Å². The van der Waals surface area contributed by atoms with E-state index in [0.717, 1.165) is 32.0 Å². The van der Waals surface area contributed by atoms with Gasteiger partial charge in [-0.3, -0.25) is 0 Å². The van der Waals surface area contributed by atoms with Crippen molar-refractivity contribution in [3.8, 4) is 0 Å². The average Bonchev–Trinajstić information content (AvgIpc) is 2.22. The van der Waals surface area contributed by atoms with Gasteiger partial charge in [0.25, 0.3) is 0 Å². The summed E-state index contributed by atoms with van der Waals surface area (Å²) in [5, 5.41) is 0. The molecule has 0 rings (SSSR count). The SMILES string of the molecule is C=COCCCC(CC)CCOC=C. The van der Waals surface area contributed by atoms with Crippen LogP contribution in [0.4, 0.5) is 0 Å². The molecule has 0 amide bonds. The Hall–Kier alpha value is -0.920. The number of ether oxygens (including phenoxy) is 2. The summed E-state index contributed by atoms with van der Waals surface area (Å²) in [6, 6.07) is 0. The zero-order chi connectivity index (χ0) is 10.6. The van der Waals surface area contributed by atoms with Crippen molar-refractivity contribution < 1.29 is 9.47 Å². The van der Waals surface area contributed by atoms with Gasteiger partial charge in [-0.15, -0.1) is 0 Å². The third-order valence-electron chi connectivity index (χ3n) is 2.33. The molecule has 0 N–H and O–H groups in total. The minimum absolute atomic E-state index is 0.739. The molecule has 0 saturated heterocycles. The predicted octanol–water partition coefficient (Wildman–Crippen LogP) is 3.50. The van der Waals surface area contributed by atoms with Gasteiger partial charge in [0.05, 0.1) is 25.7 Å². The van der Waals surface area contributed by atoms with Gasteiger partial charge >= 0.3 is 0 Å². The molecule has 2 nitrogen and oxygen atoms in total. The van der Waals surface area contributed by atoms with Crippen LogP contribution in [0, 0.1) is 5.92 Å². The van der Waals surface area contributed by atoms with E-state index < -0.39 is 0 Å². The summed E-state index contributed by atoms with van der Waals surface area (Å²) in [6.45, 7) is 10.8. The quantitative estimate of drug-likeness (QED) is 0.395. The topological polar surface area (TPSA) is 18.5 Å². The minimum atomic E-state index is 0.739. The van der Waals surface area contributed by atoms with E-state index in [-0.39, 0.29) is 0 Å². The van der Waals surface area contributed by atoms with Crippen molar-refractivity contribution >= 4 is 0 Å². The number of hydrogen-bond acceptors (Lipinski definition) is 2. The molecule has 0 heterocycles. The highest BCUT2D eigenvalue weighted by atomic mass is 16.5. The normalized spacial score (nSPS) is 11.8. The van der Waals surface area contributed by atoms with E-state index in [0.29, 0.717) is 0 Å². The third-order valence-corrected chi connectivity index (χ3v) is 2.33. The highest BCUT2D eigenvalue weighted by molar-refractivity contribution is 4.59. The fraction of sp³-hybridized carbons (Fsp3) is 0.667. The first-order valence-electron chi connectivity index (χ1n) is 5.30. The van der Waals surface area contributed by atoms with Crippen LogP contribution in [0.2, 0.25) is 0 Å². The summed E-state index contributed by atoms with van der Waals surface area (Å²) >= 11 is 0. The van der Waals surface area contributed by atoms with Crippen molar-refractivity contribution in [2.45, 2.75) is 32.6 Å². The smallest absolute Gasteiger partial charge is 0.0875 e. The Kier molecular flexibility index (Phi) is 9.49. The van der Waals surface area contributed by atoms with Crippen LogP contribution < -0.4 is 0 Å². The van der Waals surface area contributed by atoms with Gasteiger partial charge < -0.3 is 9.47 Å².